The van der Waals surface area contributed by atoms with E-state index in [-0.39, 0.29) is 18.5 Å². The third kappa shape index (κ3) is 1.75. The highest BCUT2D eigenvalue weighted by Gasteiger charge is 2.30. The Morgan fingerprint density at radius 3 is 2.92 bits per heavy atom. The summed E-state index contributed by atoms with van der Waals surface area (Å²) < 4.78 is 0. The van der Waals surface area contributed by atoms with Gasteiger partial charge in [0.15, 0.2) is 0 Å². The van der Waals surface area contributed by atoms with E-state index in [1.165, 1.54) is 4.90 Å². The second kappa shape index (κ2) is 3.56. The first-order valence-electron chi connectivity index (χ1n) is 4.16. The maximum atomic E-state index is 11.1. The highest BCUT2D eigenvalue weighted by atomic mass is 16.4. The Balaban J connectivity index is 2.57. The molecule has 4 nitrogen and oxygen atoms in total. The van der Waals surface area contributed by atoms with Crippen LogP contribution in [0.25, 0.3) is 0 Å². The molecule has 1 heterocycles. The van der Waals surface area contributed by atoms with Gasteiger partial charge in [-0.1, -0.05) is 6.92 Å². The van der Waals surface area contributed by atoms with Gasteiger partial charge in [0.25, 0.3) is 0 Å². The number of aliphatic carboxylic acids is 1. The number of carboxylic acids is 1. The molecular weight excluding hydrogens is 158 g/mol. The van der Waals surface area contributed by atoms with E-state index in [0.29, 0.717) is 6.42 Å². The van der Waals surface area contributed by atoms with Crippen LogP contribution in [0.3, 0.4) is 0 Å². The van der Waals surface area contributed by atoms with E-state index in [2.05, 4.69) is 0 Å². The number of rotatable bonds is 3. The summed E-state index contributed by atoms with van der Waals surface area (Å²) >= 11 is 0. The topological polar surface area (TPSA) is 57.6 Å². The molecule has 1 saturated heterocycles. The average molecular weight is 171 g/mol. The summed E-state index contributed by atoms with van der Waals surface area (Å²) in [5.74, 6) is -0.951. The number of hydrogen-bond donors (Lipinski definition) is 1. The minimum atomic E-state index is -0.927. The van der Waals surface area contributed by atoms with E-state index in [1.54, 1.807) is 0 Å². The third-order valence-electron chi connectivity index (χ3n) is 2.23. The van der Waals surface area contributed by atoms with Gasteiger partial charge in [0.05, 0.1) is 0 Å². The molecule has 4 heteroatoms. The van der Waals surface area contributed by atoms with Gasteiger partial charge >= 0.3 is 5.97 Å². The van der Waals surface area contributed by atoms with Crippen LogP contribution < -0.4 is 0 Å². The fourth-order valence-electron chi connectivity index (χ4n) is 1.58. The van der Waals surface area contributed by atoms with Crippen molar-refractivity contribution in [2.75, 3.05) is 6.54 Å². The zero-order valence-corrected chi connectivity index (χ0v) is 7.12. The van der Waals surface area contributed by atoms with Crippen LogP contribution in [0.4, 0.5) is 0 Å². The highest BCUT2D eigenvalue weighted by Crippen LogP contribution is 2.20. The average Bonchev–Trinajstić information content (AvgIpc) is 2.32. The molecule has 0 bridgehead atoms. The van der Waals surface area contributed by atoms with E-state index >= 15 is 0 Å². The van der Waals surface area contributed by atoms with Crippen LogP contribution in [0.15, 0.2) is 0 Å². The molecule has 12 heavy (non-hydrogen) atoms. The first-order valence-corrected chi connectivity index (χ1v) is 4.16. The maximum absolute atomic E-state index is 11.1. The molecule has 1 unspecified atom stereocenters. The Morgan fingerprint density at radius 2 is 2.42 bits per heavy atom. The van der Waals surface area contributed by atoms with Crippen molar-refractivity contribution in [3.8, 4) is 0 Å². The van der Waals surface area contributed by atoms with Gasteiger partial charge in [-0.2, -0.15) is 0 Å². The van der Waals surface area contributed by atoms with Crippen LogP contribution in [0, 0.1) is 0 Å². The maximum Gasteiger partial charge on any atom is 0.323 e. The fourth-order valence-corrected chi connectivity index (χ4v) is 1.58. The summed E-state index contributed by atoms with van der Waals surface area (Å²) in [7, 11) is 0. The number of hydrogen-bond acceptors (Lipinski definition) is 2. The normalized spacial score (nSPS) is 23.2. The summed E-state index contributed by atoms with van der Waals surface area (Å²) in [6, 6.07) is 0.147. The monoisotopic (exact) mass is 171 g/mol. The summed E-state index contributed by atoms with van der Waals surface area (Å²) in [4.78, 5) is 23.0. The van der Waals surface area contributed by atoms with E-state index in [4.69, 9.17) is 5.11 Å². The lowest BCUT2D eigenvalue weighted by molar-refractivity contribution is -0.143. The molecule has 68 valence electrons. The van der Waals surface area contributed by atoms with Gasteiger partial charge < -0.3 is 10.0 Å². The smallest absolute Gasteiger partial charge is 0.323 e. The Hall–Kier alpha value is -1.06. The molecule has 0 radical (unpaired) electrons. The quantitative estimate of drug-likeness (QED) is 0.671. The molecule has 1 aliphatic heterocycles. The van der Waals surface area contributed by atoms with Crippen LogP contribution >= 0.6 is 0 Å². The van der Waals surface area contributed by atoms with Crippen LogP contribution in [0.5, 0.6) is 0 Å². The molecule has 0 aliphatic carbocycles. The highest BCUT2D eigenvalue weighted by molar-refractivity contribution is 5.83. The SMILES string of the molecule is CCC1CCC(=O)N1CC(=O)O. The lowest BCUT2D eigenvalue weighted by Gasteiger charge is -2.21. The molecule has 1 aliphatic rings. The molecule has 0 aromatic heterocycles. The predicted molar refractivity (Wildman–Crippen MR) is 42.7 cm³/mol. The lowest BCUT2D eigenvalue weighted by Crippen LogP contribution is -2.36. The fraction of sp³-hybridized carbons (Fsp3) is 0.750. The minimum absolute atomic E-state index is 0.0238. The minimum Gasteiger partial charge on any atom is -0.480 e. The molecule has 1 atom stereocenters. The molecule has 0 aromatic carbocycles. The Bertz CT molecular complexity index is 202. The molecule has 1 rings (SSSR count). The van der Waals surface area contributed by atoms with Crippen LogP contribution in [0.2, 0.25) is 0 Å². The van der Waals surface area contributed by atoms with Crippen molar-refractivity contribution in [2.45, 2.75) is 32.2 Å². The standard InChI is InChI=1S/C8H13NO3/c1-2-6-3-4-7(10)9(6)5-8(11)12/h6H,2-5H2,1H3,(H,11,12). The van der Waals surface area contributed by atoms with E-state index < -0.39 is 5.97 Å². The number of carbonyl (C=O) groups excluding carboxylic acids is 1. The van der Waals surface area contributed by atoms with Gasteiger partial charge in [0.2, 0.25) is 5.91 Å². The number of carboxylic acid groups (broad SMARTS) is 1. The predicted octanol–water partition coefficient (Wildman–Crippen LogP) is 0.472. The van der Waals surface area contributed by atoms with Crippen LogP contribution in [-0.2, 0) is 9.59 Å². The Kier molecular flexibility index (Phi) is 2.68. The van der Waals surface area contributed by atoms with Gasteiger partial charge in [-0.25, -0.2) is 0 Å². The van der Waals surface area contributed by atoms with Crippen molar-refractivity contribution in [1.82, 2.24) is 4.90 Å². The van der Waals surface area contributed by atoms with Crippen LogP contribution in [0.1, 0.15) is 26.2 Å². The number of carbonyl (C=O) groups is 2. The zero-order chi connectivity index (χ0) is 9.14. The molecule has 0 saturated carbocycles. The van der Waals surface area contributed by atoms with Gasteiger partial charge in [-0.3, -0.25) is 9.59 Å². The lowest BCUT2D eigenvalue weighted by atomic mass is 10.2. The Morgan fingerprint density at radius 1 is 1.75 bits per heavy atom. The second-order valence-corrected chi connectivity index (χ2v) is 3.02. The molecular formula is C8H13NO3. The van der Waals surface area contributed by atoms with Crippen LogP contribution in [-0.4, -0.2) is 34.5 Å². The summed E-state index contributed by atoms with van der Waals surface area (Å²) in [5.41, 5.74) is 0. The van der Waals surface area contributed by atoms with Gasteiger partial charge in [0.1, 0.15) is 6.54 Å². The molecule has 1 N–H and O–H groups in total. The molecule has 0 aromatic rings. The van der Waals surface area contributed by atoms with E-state index in [0.717, 1.165) is 12.8 Å². The first-order chi connectivity index (χ1) is 5.65. The summed E-state index contributed by atoms with van der Waals surface area (Å²) in [6.07, 6.45) is 2.16. The third-order valence-corrected chi connectivity index (χ3v) is 2.23. The number of amides is 1. The van der Waals surface area contributed by atoms with E-state index in [9.17, 15) is 9.59 Å². The van der Waals surface area contributed by atoms with Crippen molar-refractivity contribution >= 4 is 11.9 Å². The van der Waals surface area contributed by atoms with Crippen molar-refractivity contribution in [3.63, 3.8) is 0 Å². The molecule has 0 spiro atoms. The summed E-state index contributed by atoms with van der Waals surface area (Å²) in [6.45, 7) is 1.83. The van der Waals surface area contributed by atoms with Crippen molar-refractivity contribution in [3.05, 3.63) is 0 Å². The van der Waals surface area contributed by atoms with Crippen molar-refractivity contribution in [1.29, 1.82) is 0 Å². The Labute approximate surface area is 71.2 Å². The van der Waals surface area contributed by atoms with E-state index in [1.807, 2.05) is 6.92 Å². The molecule has 1 fully saturated rings. The number of nitrogens with zero attached hydrogens (tertiary/aromatic N) is 1. The van der Waals surface area contributed by atoms with Crippen molar-refractivity contribution in [2.24, 2.45) is 0 Å². The van der Waals surface area contributed by atoms with Crippen molar-refractivity contribution < 1.29 is 14.7 Å². The second-order valence-electron chi connectivity index (χ2n) is 3.02. The zero-order valence-electron chi connectivity index (χ0n) is 7.12. The van der Waals surface area contributed by atoms with Gasteiger partial charge in [-0.05, 0) is 12.8 Å². The largest absolute Gasteiger partial charge is 0.480 e. The first kappa shape index (κ1) is 9.03. The number of likely N-dealkylation sites (tertiary alicyclic amines) is 1. The van der Waals surface area contributed by atoms with Gasteiger partial charge in [0, 0.05) is 12.5 Å². The molecule has 1 amide bonds. The summed E-state index contributed by atoms with van der Waals surface area (Å²) in [5, 5.41) is 8.51. The van der Waals surface area contributed by atoms with Gasteiger partial charge in [-0.15, -0.1) is 0 Å².